The summed E-state index contributed by atoms with van der Waals surface area (Å²) < 4.78 is 5.00. The first-order chi connectivity index (χ1) is 10.0. The van der Waals surface area contributed by atoms with Crippen molar-refractivity contribution in [2.24, 2.45) is 16.8 Å². The molecule has 0 aliphatic heterocycles. The highest BCUT2D eigenvalue weighted by Crippen LogP contribution is 2.23. The highest BCUT2D eigenvalue weighted by atomic mass is 16.5. The molecule has 10 nitrogen and oxygen atoms in total. The molecule has 1 heterocycles. The van der Waals surface area contributed by atoms with Crippen LogP contribution in [-0.2, 0) is 0 Å². The van der Waals surface area contributed by atoms with Crippen molar-refractivity contribution >= 4 is 17.3 Å². The van der Waals surface area contributed by atoms with Gasteiger partial charge in [-0.15, -0.1) is 0 Å². The lowest BCUT2D eigenvalue weighted by molar-refractivity contribution is 0.398. The molecule has 0 fully saturated rings. The van der Waals surface area contributed by atoms with Gasteiger partial charge >= 0.3 is 0 Å². The van der Waals surface area contributed by atoms with E-state index in [4.69, 9.17) is 16.4 Å². The number of hydrazone groups is 1. The number of pyridine rings is 1. The summed E-state index contributed by atoms with van der Waals surface area (Å²) in [5, 5.41) is 15.3. The monoisotopic (exact) mass is 292 g/mol. The van der Waals surface area contributed by atoms with Crippen molar-refractivity contribution in [3.8, 4) is 11.6 Å². The summed E-state index contributed by atoms with van der Waals surface area (Å²) in [6, 6.07) is 2.95. The molecular formula is C11H12N6O4. The molecule has 0 spiro atoms. The van der Waals surface area contributed by atoms with Crippen molar-refractivity contribution in [2.75, 3.05) is 12.4 Å². The molecule has 0 bridgehead atoms. The fourth-order valence-electron chi connectivity index (χ4n) is 1.63. The summed E-state index contributed by atoms with van der Waals surface area (Å²) in [5.74, 6) is 10.3. The van der Waals surface area contributed by atoms with Crippen molar-refractivity contribution in [1.29, 1.82) is 0 Å². The lowest BCUT2D eigenvalue weighted by Gasteiger charge is -2.12. The van der Waals surface area contributed by atoms with Gasteiger partial charge in [0.15, 0.2) is 11.6 Å². The highest BCUT2D eigenvalue weighted by Gasteiger charge is 2.21. The van der Waals surface area contributed by atoms with Crippen LogP contribution >= 0.6 is 0 Å². The largest absolute Gasteiger partial charge is 0.502 e. The van der Waals surface area contributed by atoms with Gasteiger partial charge in [0.25, 0.3) is 10.9 Å². The molecule has 0 unspecified atom stereocenters. The minimum atomic E-state index is -0.951. The molecule has 0 saturated heterocycles. The number of aromatic nitrogens is 1. The molecule has 10 heteroatoms. The first kappa shape index (κ1) is 14.3. The number of hydrogen-bond acceptors (Lipinski definition) is 9. The molecule has 7 N–H and O–H groups in total. The molecule has 0 atom stereocenters. The third kappa shape index (κ3) is 2.47. The SMILES string of the molecule is COc1cc(/C(=N/N)NN)cc(Nc2c(O)c(=O)c2=O)n1. The summed E-state index contributed by atoms with van der Waals surface area (Å²) in [7, 11) is 1.39. The standard InChI is InChI=1S/C11H12N6O4/c1-21-6-3-4(11(16-12)17-13)2-5(14-6)15-7-8(18)10(20)9(7)19/h2-3,18H,12-13H2,1H3,(H,14,15)(H,16,17). The number of aromatic hydroxyl groups is 1. The fourth-order valence-corrected chi connectivity index (χ4v) is 1.63. The third-order valence-corrected chi connectivity index (χ3v) is 2.69. The molecule has 110 valence electrons. The van der Waals surface area contributed by atoms with Crippen LogP contribution in [0.15, 0.2) is 26.8 Å². The number of rotatable bonds is 4. The number of nitrogens with zero attached hydrogens (tertiary/aromatic N) is 2. The maximum atomic E-state index is 11.3. The second-order valence-electron chi connectivity index (χ2n) is 3.91. The smallest absolute Gasteiger partial charge is 0.271 e. The molecule has 21 heavy (non-hydrogen) atoms. The molecule has 0 aliphatic carbocycles. The van der Waals surface area contributed by atoms with Crippen LogP contribution in [0, 0.1) is 0 Å². The van der Waals surface area contributed by atoms with Gasteiger partial charge in [-0.2, -0.15) is 10.1 Å². The van der Waals surface area contributed by atoms with E-state index in [1.165, 1.54) is 19.2 Å². The number of nitrogens with one attached hydrogen (secondary N) is 2. The zero-order valence-corrected chi connectivity index (χ0v) is 10.9. The Balaban J connectivity index is 2.43. The van der Waals surface area contributed by atoms with Crippen molar-refractivity contribution in [2.45, 2.75) is 0 Å². The Kier molecular flexibility index (Phi) is 3.71. The summed E-state index contributed by atoms with van der Waals surface area (Å²) >= 11 is 0. The van der Waals surface area contributed by atoms with Crippen LogP contribution in [0.4, 0.5) is 11.5 Å². The van der Waals surface area contributed by atoms with Crippen LogP contribution in [0.1, 0.15) is 5.56 Å². The van der Waals surface area contributed by atoms with Crippen LogP contribution in [0.2, 0.25) is 0 Å². The van der Waals surface area contributed by atoms with E-state index in [-0.39, 0.29) is 23.2 Å². The Morgan fingerprint density at radius 2 is 2.10 bits per heavy atom. The zero-order chi connectivity index (χ0) is 15.6. The number of amidine groups is 1. The number of nitrogens with two attached hydrogens (primary N) is 2. The van der Waals surface area contributed by atoms with E-state index in [0.29, 0.717) is 5.56 Å². The number of methoxy groups -OCH3 is 1. The van der Waals surface area contributed by atoms with Crippen molar-refractivity contribution < 1.29 is 9.84 Å². The van der Waals surface area contributed by atoms with Gasteiger partial charge in [0, 0.05) is 11.6 Å². The van der Waals surface area contributed by atoms with Gasteiger partial charge < -0.3 is 26.4 Å². The molecule has 0 aliphatic rings. The van der Waals surface area contributed by atoms with Gasteiger partial charge in [0.05, 0.1) is 7.11 Å². The van der Waals surface area contributed by atoms with Gasteiger partial charge in [-0.05, 0) is 6.07 Å². The summed E-state index contributed by atoms with van der Waals surface area (Å²) in [6.07, 6.45) is 0. The lowest BCUT2D eigenvalue weighted by Crippen LogP contribution is -2.33. The van der Waals surface area contributed by atoms with E-state index in [1.807, 2.05) is 0 Å². The second-order valence-corrected chi connectivity index (χ2v) is 3.91. The number of hydrogen-bond donors (Lipinski definition) is 5. The lowest BCUT2D eigenvalue weighted by atomic mass is 10.2. The van der Waals surface area contributed by atoms with Crippen LogP contribution in [0.25, 0.3) is 0 Å². The first-order valence-electron chi connectivity index (χ1n) is 5.62. The average Bonchev–Trinajstić information content (AvgIpc) is 2.52. The Morgan fingerprint density at radius 3 is 2.62 bits per heavy atom. The minimum absolute atomic E-state index is 0.142. The topological polar surface area (TPSA) is 165 Å². The molecule has 1 aromatic carbocycles. The predicted octanol–water partition coefficient (Wildman–Crippen LogP) is -1.78. The molecule has 0 saturated carbocycles. The van der Waals surface area contributed by atoms with Crippen molar-refractivity contribution in [3.63, 3.8) is 0 Å². The maximum Gasteiger partial charge on any atom is 0.271 e. The summed E-state index contributed by atoms with van der Waals surface area (Å²) in [4.78, 5) is 26.3. The number of ether oxygens (including phenoxy) is 1. The summed E-state index contributed by atoms with van der Waals surface area (Å²) in [5.41, 5.74) is 0.689. The normalized spacial score (nSPS) is 11.4. The Morgan fingerprint density at radius 1 is 1.38 bits per heavy atom. The Hall–Kier alpha value is -3.14. The van der Waals surface area contributed by atoms with Gasteiger partial charge in [0.2, 0.25) is 5.88 Å². The molecule has 0 amide bonds. The van der Waals surface area contributed by atoms with Crippen LogP contribution in [-0.4, -0.2) is 23.0 Å². The molecular weight excluding hydrogens is 280 g/mol. The van der Waals surface area contributed by atoms with E-state index in [0.717, 1.165) is 0 Å². The van der Waals surface area contributed by atoms with Crippen molar-refractivity contribution in [3.05, 3.63) is 38.1 Å². The zero-order valence-electron chi connectivity index (χ0n) is 10.9. The minimum Gasteiger partial charge on any atom is -0.502 e. The van der Waals surface area contributed by atoms with Gasteiger partial charge in [-0.25, -0.2) is 5.84 Å². The molecule has 2 rings (SSSR count). The van der Waals surface area contributed by atoms with E-state index in [2.05, 4.69) is 20.8 Å². The van der Waals surface area contributed by atoms with Crippen LogP contribution in [0.3, 0.4) is 0 Å². The van der Waals surface area contributed by atoms with Gasteiger partial charge in [0.1, 0.15) is 11.5 Å². The second kappa shape index (κ2) is 5.46. The van der Waals surface area contributed by atoms with E-state index < -0.39 is 16.6 Å². The van der Waals surface area contributed by atoms with E-state index in [1.54, 1.807) is 0 Å². The van der Waals surface area contributed by atoms with Crippen molar-refractivity contribution in [1.82, 2.24) is 10.4 Å². The highest BCUT2D eigenvalue weighted by molar-refractivity contribution is 5.99. The van der Waals surface area contributed by atoms with Crippen LogP contribution in [0.5, 0.6) is 11.6 Å². The summed E-state index contributed by atoms with van der Waals surface area (Å²) in [6.45, 7) is 0. The van der Waals surface area contributed by atoms with E-state index in [9.17, 15) is 14.7 Å². The molecule has 2 aromatic rings. The Bertz CT molecular complexity index is 777. The van der Waals surface area contributed by atoms with Gasteiger partial charge in [-0.1, -0.05) is 0 Å². The third-order valence-electron chi connectivity index (χ3n) is 2.69. The quantitative estimate of drug-likeness (QED) is 0.144. The number of anilines is 2. The average molecular weight is 292 g/mol. The predicted molar refractivity (Wildman–Crippen MR) is 75.1 cm³/mol. The van der Waals surface area contributed by atoms with Gasteiger partial charge in [-0.3, -0.25) is 9.59 Å². The van der Waals surface area contributed by atoms with E-state index >= 15 is 0 Å². The fraction of sp³-hybridized carbons (Fsp3) is 0.0909. The molecule has 1 aromatic heterocycles. The van der Waals surface area contributed by atoms with Crippen LogP contribution < -0.4 is 38.0 Å². The first-order valence-corrected chi connectivity index (χ1v) is 5.62. The molecule has 0 radical (unpaired) electrons. The number of hydrazine groups is 1. The maximum absolute atomic E-state index is 11.3. The Labute approximate surface area is 117 Å².